The van der Waals surface area contributed by atoms with Crippen LogP contribution in [-0.4, -0.2) is 24.4 Å². The number of aryl methyl sites for hydroxylation is 1. The Morgan fingerprint density at radius 3 is 3.06 bits per heavy atom. The molecule has 1 N–H and O–H groups in total. The monoisotopic (exact) mass is 232 g/mol. The van der Waals surface area contributed by atoms with Crippen LogP contribution in [0.4, 0.5) is 0 Å². The molecular formula is C13H16N2O2. The van der Waals surface area contributed by atoms with Crippen LogP contribution in [0.25, 0.3) is 11.1 Å². The predicted molar refractivity (Wildman–Crippen MR) is 66.2 cm³/mol. The Labute approximate surface area is 100 Å². The molecule has 1 aromatic heterocycles. The van der Waals surface area contributed by atoms with E-state index in [1.54, 1.807) is 13.0 Å². The van der Waals surface area contributed by atoms with E-state index in [4.69, 9.17) is 4.42 Å². The number of oxazole rings is 1. The zero-order valence-electron chi connectivity index (χ0n) is 10.1. The summed E-state index contributed by atoms with van der Waals surface area (Å²) in [4.78, 5) is 16.1. The summed E-state index contributed by atoms with van der Waals surface area (Å²) in [6, 6.07) is 5.42. The van der Waals surface area contributed by atoms with Gasteiger partial charge in [0.2, 0.25) is 0 Å². The van der Waals surface area contributed by atoms with Crippen LogP contribution in [0.1, 0.15) is 29.1 Å². The minimum absolute atomic E-state index is 0.149. The van der Waals surface area contributed by atoms with Crippen molar-refractivity contribution in [3.8, 4) is 0 Å². The van der Waals surface area contributed by atoms with Crippen molar-refractivity contribution in [1.82, 2.24) is 10.3 Å². The molecule has 0 bridgehead atoms. The highest BCUT2D eigenvalue weighted by atomic mass is 16.3. The first-order chi connectivity index (χ1) is 8.20. The molecule has 0 amide bonds. The van der Waals surface area contributed by atoms with Crippen molar-refractivity contribution in [2.45, 2.75) is 19.8 Å². The molecule has 0 saturated heterocycles. The number of Topliss-reactive ketones (excluding diaryl/α,β-unsaturated/α-hetero) is 1. The van der Waals surface area contributed by atoms with Gasteiger partial charge in [-0.2, -0.15) is 0 Å². The van der Waals surface area contributed by atoms with E-state index in [0.717, 1.165) is 18.5 Å². The SMILES string of the molecule is CNCCCC(=O)c1ccc2nc(C)oc2c1. The fraction of sp³-hybridized carbons (Fsp3) is 0.385. The van der Waals surface area contributed by atoms with E-state index < -0.39 is 0 Å². The molecule has 0 saturated carbocycles. The Morgan fingerprint density at radius 2 is 2.29 bits per heavy atom. The van der Waals surface area contributed by atoms with Crippen molar-refractivity contribution in [2.24, 2.45) is 0 Å². The van der Waals surface area contributed by atoms with E-state index in [1.807, 2.05) is 19.2 Å². The van der Waals surface area contributed by atoms with Crippen LogP contribution in [0.3, 0.4) is 0 Å². The quantitative estimate of drug-likeness (QED) is 0.635. The number of benzene rings is 1. The highest BCUT2D eigenvalue weighted by Gasteiger charge is 2.09. The number of rotatable bonds is 5. The fourth-order valence-corrected chi connectivity index (χ4v) is 1.78. The molecule has 2 aromatic rings. The second-order valence-electron chi connectivity index (χ2n) is 4.05. The summed E-state index contributed by atoms with van der Waals surface area (Å²) < 4.78 is 5.41. The molecular weight excluding hydrogens is 216 g/mol. The molecule has 90 valence electrons. The third-order valence-electron chi connectivity index (χ3n) is 2.65. The third kappa shape index (κ3) is 2.71. The zero-order chi connectivity index (χ0) is 12.3. The zero-order valence-corrected chi connectivity index (χ0v) is 10.1. The molecule has 17 heavy (non-hydrogen) atoms. The molecule has 0 unspecified atom stereocenters. The first-order valence-corrected chi connectivity index (χ1v) is 5.75. The second kappa shape index (κ2) is 5.10. The van der Waals surface area contributed by atoms with Crippen molar-refractivity contribution in [3.63, 3.8) is 0 Å². The summed E-state index contributed by atoms with van der Waals surface area (Å²) in [5, 5.41) is 3.03. The van der Waals surface area contributed by atoms with Gasteiger partial charge in [0.25, 0.3) is 0 Å². The summed E-state index contributed by atoms with van der Waals surface area (Å²) in [6.45, 7) is 2.66. The molecule has 0 fully saturated rings. The number of aromatic nitrogens is 1. The maximum Gasteiger partial charge on any atom is 0.192 e. The van der Waals surface area contributed by atoms with Crippen LogP contribution in [0, 0.1) is 6.92 Å². The number of nitrogens with zero attached hydrogens (tertiary/aromatic N) is 1. The highest BCUT2D eigenvalue weighted by molar-refractivity contribution is 5.98. The topological polar surface area (TPSA) is 55.1 Å². The minimum atomic E-state index is 0.149. The smallest absolute Gasteiger partial charge is 0.192 e. The molecule has 0 aliphatic carbocycles. The molecule has 1 heterocycles. The van der Waals surface area contributed by atoms with E-state index in [0.29, 0.717) is 23.5 Å². The predicted octanol–water partition coefficient (Wildman–Crippen LogP) is 2.32. The summed E-state index contributed by atoms with van der Waals surface area (Å²) in [7, 11) is 1.88. The number of nitrogens with one attached hydrogen (secondary N) is 1. The summed E-state index contributed by atoms with van der Waals surface area (Å²) in [5.41, 5.74) is 2.18. The number of hydrogen-bond acceptors (Lipinski definition) is 4. The number of fused-ring (bicyclic) bond motifs is 1. The lowest BCUT2D eigenvalue weighted by molar-refractivity contribution is 0.0980. The molecule has 0 aliphatic heterocycles. The van der Waals surface area contributed by atoms with Gasteiger partial charge in [-0.25, -0.2) is 4.98 Å². The van der Waals surface area contributed by atoms with E-state index in [2.05, 4.69) is 10.3 Å². The van der Waals surface area contributed by atoms with E-state index in [1.165, 1.54) is 0 Å². The van der Waals surface area contributed by atoms with Crippen LogP contribution >= 0.6 is 0 Å². The highest BCUT2D eigenvalue weighted by Crippen LogP contribution is 2.18. The standard InChI is InChI=1S/C13H16N2O2/c1-9-15-11-6-5-10(8-13(11)17-9)12(16)4-3-7-14-2/h5-6,8,14H,3-4,7H2,1-2H3. The maximum atomic E-state index is 11.9. The molecule has 4 nitrogen and oxygen atoms in total. The third-order valence-corrected chi connectivity index (χ3v) is 2.65. The van der Waals surface area contributed by atoms with Gasteiger partial charge in [0.15, 0.2) is 17.3 Å². The molecule has 0 radical (unpaired) electrons. The van der Waals surface area contributed by atoms with Crippen molar-refractivity contribution < 1.29 is 9.21 Å². The fourth-order valence-electron chi connectivity index (χ4n) is 1.78. The van der Waals surface area contributed by atoms with Gasteiger partial charge in [-0.15, -0.1) is 0 Å². The van der Waals surface area contributed by atoms with Crippen molar-refractivity contribution in [2.75, 3.05) is 13.6 Å². The van der Waals surface area contributed by atoms with Gasteiger partial charge in [-0.1, -0.05) is 0 Å². The molecule has 4 heteroatoms. The second-order valence-corrected chi connectivity index (χ2v) is 4.05. The molecule has 1 aromatic carbocycles. The van der Waals surface area contributed by atoms with Crippen LogP contribution in [0.2, 0.25) is 0 Å². The average Bonchev–Trinajstić information content (AvgIpc) is 2.68. The Morgan fingerprint density at radius 1 is 1.47 bits per heavy atom. The van der Waals surface area contributed by atoms with Crippen LogP contribution in [0.15, 0.2) is 22.6 Å². The van der Waals surface area contributed by atoms with Gasteiger partial charge in [-0.3, -0.25) is 4.79 Å². The lowest BCUT2D eigenvalue weighted by Crippen LogP contribution is -2.10. The number of hydrogen-bond donors (Lipinski definition) is 1. The molecule has 0 atom stereocenters. The van der Waals surface area contributed by atoms with Gasteiger partial charge in [-0.05, 0) is 38.2 Å². The molecule has 0 spiro atoms. The lowest BCUT2D eigenvalue weighted by Gasteiger charge is -2.00. The van der Waals surface area contributed by atoms with Crippen molar-refractivity contribution in [1.29, 1.82) is 0 Å². The number of carbonyl (C=O) groups is 1. The van der Waals surface area contributed by atoms with Gasteiger partial charge in [0, 0.05) is 18.9 Å². The summed E-state index contributed by atoms with van der Waals surface area (Å²) >= 11 is 0. The number of ketones is 1. The van der Waals surface area contributed by atoms with Gasteiger partial charge >= 0.3 is 0 Å². The van der Waals surface area contributed by atoms with Gasteiger partial charge in [0.05, 0.1) is 0 Å². The van der Waals surface area contributed by atoms with Crippen molar-refractivity contribution in [3.05, 3.63) is 29.7 Å². The molecule has 2 rings (SSSR count). The van der Waals surface area contributed by atoms with Crippen molar-refractivity contribution >= 4 is 16.9 Å². The first-order valence-electron chi connectivity index (χ1n) is 5.75. The maximum absolute atomic E-state index is 11.9. The minimum Gasteiger partial charge on any atom is -0.441 e. The normalized spacial score (nSPS) is 10.9. The van der Waals surface area contributed by atoms with E-state index in [9.17, 15) is 4.79 Å². The Hall–Kier alpha value is -1.68. The number of carbonyl (C=O) groups excluding carboxylic acids is 1. The Bertz CT molecular complexity index is 531. The lowest BCUT2D eigenvalue weighted by atomic mass is 10.1. The first kappa shape index (κ1) is 11.8. The van der Waals surface area contributed by atoms with Crippen LogP contribution in [0.5, 0.6) is 0 Å². The van der Waals surface area contributed by atoms with E-state index >= 15 is 0 Å². The van der Waals surface area contributed by atoms with Crippen LogP contribution in [-0.2, 0) is 0 Å². The van der Waals surface area contributed by atoms with Gasteiger partial charge in [0.1, 0.15) is 5.52 Å². The average molecular weight is 232 g/mol. The Balaban J connectivity index is 2.15. The summed E-state index contributed by atoms with van der Waals surface area (Å²) in [6.07, 6.45) is 1.41. The van der Waals surface area contributed by atoms with E-state index in [-0.39, 0.29) is 5.78 Å². The Kier molecular flexibility index (Phi) is 3.54. The summed E-state index contributed by atoms with van der Waals surface area (Å²) in [5.74, 6) is 0.774. The largest absolute Gasteiger partial charge is 0.441 e. The van der Waals surface area contributed by atoms with Gasteiger partial charge < -0.3 is 9.73 Å². The molecule has 0 aliphatic rings. The van der Waals surface area contributed by atoms with Crippen LogP contribution < -0.4 is 5.32 Å².